The van der Waals surface area contributed by atoms with E-state index in [1.807, 2.05) is 13.0 Å². The molecule has 1 fully saturated rings. The van der Waals surface area contributed by atoms with Crippen LogP contribution in [0.4, 0.5) is 0 Å². The molecule has 1 aliphatic rings. The summed E-state index contributed by atoms with van der Waals surface area (Å²) >= 11 is 0. The van der Waals surface area contributed by atoms with Crippen molar-refractivity contribution in [3.63, 3.8) is 0 Å². The van der Waals surface area contributed by atoms with Gasteiger partial charge in [-0.25, -0.2) is 0 Å². The largest absolute Gasteiger partial charge is 0.366 e. The average molecular weight is 261 g/mol. The molecule has 0 aliphatic carbocycles. The minimum Gasteiger partial charge on any atom is -0.366 e. The van der Waals surface area contributed by atoms with Gasteiger partial charge in [0.05, 0.1) is 5.41 Å². The minimum atomic E-state index is -0.458. The molecule has 1 aromatic rings. The molecule has 1 aliphatic heterocycles. The molecular weight excluding hydrogens is 242 g/mol. The summed E-state index contributed by atoms with van der Waals surface area (Å²) in [4.78, 5) is 23.2. The lowest BCUT2D eigenvalue weighted by Gasteiger charge is -2.21. The normalized spacial score (nSPS) is 22.2. The Balaban J connectivity index is 1.97. The van der Waals surface area contributed by atoms with E-state index < -0.39 is 5.91 Å². The Kier molecular flexibility index (Phi) is 3.85. The quantitative estimate of drug-likeness (QED) is 0.733. The Morgan fingerprint density at radius 3 is 2.89 bits per heavy atom. The SMILES string of the molecule is CC1(C(=O)NCc2cccc(C(N)=O)c2)CCNC1. The van der Waals surface area contributed by atoms with Gasteiger partial charge < -0.3 is 16.4 Å². The molecule has 0 saturated carbocycles. The first kappa shape index (κ1) is 13.5. The van der Waals surface area contributed by atoms with Crippen molar-refractivity contribution in [2.75, 3.05) is 13.1 Å². The van der Waals surface area contributed by atoms with Gasteiger partial charge >= 0.3 is 0 Å². The van der Waals surface area contributed by atoms with E-state index in [0.717, 1.165) is 18.5 Å². The van der Waals surface area contributed by atoms with E-state index in [4.69, 9.17) is 5.73 Å². The van der Waals surface area contributed by atoms with Crippen molar-refractivity contribution in [2.45, 2.75) is 19.9 Å². The topological polar surface area (TPSA) is 84.2 Å². The second-order valence-corrected chi connectivity index (χ2v) is 5.23. The van der Waals surface area contributed by atoms with E-state index in [9.17, 15) is 9.59 Å². The smallest absolute Gasteiger partial charge is 0.248 e. The summed E-state index contributed by atoms with van der Waals surface area (Å²) in [6.45, 7) is 3.96. The molecule has 5 heteroatoms. The molecular formula is C14H19N3O2. The van der Waals surface area contributed by atoms with E-state index in [-0.39, 0.29) is 11.3 Å². The number of hydrogen-bond donors (Lipinski definition) is 3. The third-order valence-electron chi connectivity index (χ3n) is 3.58. The molecule has 0 radical (unpaired) electrons. The Hall–Kier alpha value is -1.88. The number of rotatable bonds is 4. The molecule has 1 saturated heterocycles. The monoisotopic (exact) mass is 261 g/mol. The molecule has 102 valence electrons. The summed E-state index contributed by atoms with van der Waals surface area (Å²) in [7, 11) is 0. The molecule has 1 aromatic carbocycles. The minimum absolute atomic E-state index is 0.0435. The standard InChI is InChI=1S/C14H19N3O2/c1-14(5-6-16-9-14)13(19)17-8-10-3-2-4-11(7-10)12(15)18/h2-4,7,16H,5-6,8-9H2,1H3,(H2,15,18)(H,17,19). The second kappa shape index (κ2) is 5.40. The van der Waals surface area contributed by atoms with Gasteiger partial charge in [0.25, 0.3) is 0 Å². The molecule has 2 rings (SSSR count). The van der Waals surface area contributed by atoms with Crippen LogP contribution in [0, 0.1) is 5.41 Å². The zero-order valence-electron chi connectivity index (χ0n) is 11.0. The van der Waals surface area contributed by atoms with Crippen molar-refractivity contribution >= 4 is 11.8 Å². The van der Waals surface area contributed by atoms with E-state index in [1.54, 1.807) is 18.2 Å². The number of benzene rings is 1. The first-order valence-corrected chi connectivity index (χ1v) is 6.39. The maximum Gasteiger partial charge on any atom is 0.248 e. The fourth-order valence-electron chi connectivity index (χ4n) is 2.24. The molecule has 1 atom stereocenters. The van der Waals surface area contributed by atoms with Gasteiger partial charge in [-0.1, -0.05) is 12.1 Å². The first-order valence-electron chi connectivity index (χ1n) is 6.39. The van der Waals surface area contributed by atoms with E-state index in [1.165, 1.54) is 0 Å². The fourth-order valence-corrected chi connectivity index (χ4v) is 2.24. The van der Waals surface area contributed by atoms with Crippen LogP contribution in [0.25, 0.3) is 0 Å². The van der Waals surface area contributed by atoms with Crippen molar-refractivity contribution in [1.29, 1.82) is 0 Å². The van der Waals surface area contributed by atoms with Crippen molar-refractivity contribution in [1.82, 2.24) is 10.6 Å². The zero-order chi connectivity index (χ0) is 13.9. The molecule has 0 bridgehead atoms. The lowest BCUT2D eigenvalue weighted by Crippen LogP contribution is -2.40. The maximum absolute atomic E-state index is 12.1. The molecule has 19 heavy (non-hydrogen) atoms. The Bertz CT molecular complexity index is 493. The predicted molar refractivity (Wildman–Crippen MR) is 72.4 cm³/mol. The van der Waals surface area contributed by atoms with Gasteiger partial charge in [-0.3, -0.25) is 9.59 Å². The van der Waals surface area contributed by atoms with Crippen molar-refractivity contribution in [3.05, 3.63) is 35.4 Å². The van der Waals surface area contributed by atoms with Gasteiger partial charge in [0.15, 0.2) is 0 Å². The molecule has 5 nitrogen and oxygen atoms in total. The third-order valence-corrected chi connectivity index (χ3v) is 3.58. The van der Waals surface area contributed by atoms with Crippen molar-refractivity contribution < 1.29 is 9.59 Å². The highest BCUT2D eigenvalue weighted by atomic mass is 16.2. The summed E-state index contributed by atoms with van der Waals surface area (Å²) in [6, 6.07) is 7.00. The van der Waals surface area contributed by atoms with E-state index in [2.05, 4.69) is 10.6 Å². The summed E-state index contributed by atoms with van der Waals surface area (Å²) in [5.41, 5.74) is 6.23. The van der Waals surface area contributed by atoms with E-state index in [0.29, 0.717) is 18.7 Å². The Morgan fingerprint density at radius 2 is 2.26 bits per heavy atom. The van der Waals surface area contributed by atoms with Crippen molar-refractivity contribution in [3.8, 4) is 0 Å². The highest BCUT2D eigenvalue weighted by Crippen LogP contribution is 2.24. The van der Waals surface area contributed by atoms with Crippen molar-refractivity contribution in [2.24, 2.45) is 11.1 Å². The number of carbonyl (C=O) groups excluding carboxylic acids is 2. The lowest BCUT2D eigenvalue weighted by molar-refractivity contribution is -0.129. The summed E-state index contributed by atoms with van der Waals surface area (Å²) in [6.07, 6.45) is 0.847. The molecule has 1 heterocycles. The van der Waals surface area contributed by atoms with Crippen LogP contribution in [0.1, 0.15) is 29.3 Å². The number of nitrogens with two attached hydrogens (primary N) is 1. The summed E-state index contributed by atoms with van der Waals surface area (Å²) in [5, 5.41) is 6.11. The van der Waals surface area contributed by atoms with Crippen LogP contribution in [0.15, 0.2) is 24.3 Å². The predicted octanol–water partition coefficient (Wildman–Crippen LogP) is 0.401. The zero-order valence-corrected chi connectivity index (χ0v) is 11.0. The molecule has 1 unspecified atom stereocenters. The first-order chi connectivity index (χ1) is 9.01. The van der Waals surface area contributed by atoms with Gasteiger partial charge in [-0.2, -0.15) is 0 Å². The third kappa shape index (κ3) is 3.12. The second-order valence-electron chi connectivity index (χ2n) is 5.23. The van der Waals surface area contributed by atoms with Crippen LogP contribution >= 0.6 is 0 Å². The van der Waals surface area contributed by atoms with Gasteiger partial charge in [-0.05, 0) is 37.6 Å². The number of carbonyl (C=O) groups is 2. The van der Waals surface area contributed by atoms with Crippen LogP contribution in [0.5, 0.6) is 0 Å². The van der Waals surface area contributed by atoms with Gasteiger partial charge in [0, 0.05) is 18.7 Å². The molecule has 0 aromatic heterocycles. The average Bonchev–Trinajstić information content (AvgIpc) is 2.84. The summed E-state index contributed by atoms with van der Waals surface area (Å²) in [5.74, 6) is -0.415. The molecule has 4 N–H and O–H groups in total. The van der Waals surface area contributed by atoms with Crippen LogP contribution in [-0.2, 0) is 11.3 Å². The van der Waals surface area contributed by atoms with Crippen LogP contribution in [0.3, 0.4) is 0 Å². The summed E-state index contributed by atoms with van der Waals surface area (Å²) < 4.78 is 0. The number of nitrogens with one attached hydrogen (secondary N) is 2. The number of hydrogen-bond acceptors (Lipinski definition) is 3. The fraction of sp³-hybridized carbons (Fsp3) is 0.429. The van der Waals surface area contributed by atoms with Crippen LogP contribution in [-0.4, -0.2) is 24.9 Å². The van der Waals surface area contributed by atoms with E-state index >= 15 is 0 Å². The van der Waals surface area contributed by atoms with Gasteiger partial charge in [-0.15, -0.1) is 0 Å². The number of primary amides is 1. The Morgan fingerprint density at radius 1 is 1.47 bits per heavy atom. The highest BCUT2D eigenvalue weighted by molar-refractivity contribution is 5.92. The molecule has 0 spiro atoms. The number of amides is 2. The molecule has 2 amide bonds. The van der Waals surface area contributed by atoms with Gasteiger partial charge in [0.1, 0.15) is 0 Å². The maximum atomic E-state index is 12.1. The van der Waals surface area contributed by atoms with Gasteiger partial charge in [0.2, 0.25) is 11.8 Å². The van der Waals surface area contributed by atoms with Crippen LogP contribution < -0.4 is 16.4 Å². The lowest BCUT2D eigenvalue weighted by atomic mass is 9.89. The van der Waals surface area contributed by atoms with Crippen LogP contribution in [0.2, 0.25) is 0 Å². The highest BCUT2D eigenvalue weighted by Gasteiger charge is 2.35. The Labute approximate surface area is 112 Å².